The lowest BCUT2D eigenvalue weighted by Crippen LogP contribution is -2.15. The Bertz CT molecular complexity index is 763. The van der Waals surface area contributed by atoms with Gasteiger partial charge in [0.1, 0.15) is 4.90 Å². The molecule has 0 saturated carbocycles. The van der Waals surface area contributed by atoms with Crippen LogP contribution in [-0.2, 0) is 10.0 Å². The Hall–Kier alpha value is -1.60. The Morgan fingerprint density at radius 1 is 1.25 bits per heavy atom. The van der Waals surface area contributed by atoms with Crippen LogP contribution < -0.4 is 10.5 Å². The predicted octanol–water partition coefficient (Wildman–Crippen LogP) is 3.28. The van der Waals surface area contributed by atoms with Crippen LogP contribution in [0.2, 0.25) is 0 Å². The van der Waals surface area contributed by atoms with Crippen LogP contribution >= 0.6 is 15.9 Å². The number of anilines is 2. The molecular weight excluding hydrogens is 347 g/mol. The molecule has 0 aliphatic rings. The second-order valence-corrected chi connectivity index (χ2v) is 6.79. The Kier molecular flexibility index (Phi) is 4.01. The summed E-state index contributed by atoms with van der Waals surface area (Å²) in [6.45, 7) is 1.83. The van der Waals surface area contributed by atoms with Crippen LogP contribution in [0.5, 0.6) is 0 Å². The van der Waals surface area contributed by atoms with Crippen molar-refractivity contribution in [3.8, 4) is 0 Å². The van der Waals surface area contributed by atoms with Gasteiger partial charge in [0, 0.05) is 11.4 Å². The first kappa shape index (κ1) is 14.8. The number of nitrogens with two attached hydrogens (primary N) is 1. The van der Waals surface area contributed by atoms with Crippen LogP contribution in [0.15, 0.2) is 45.8 Å². The Labute approximate surface area is 125 Å². The number of benzene rings is 2. The molecule has 106 valence electrons. The fourth-order valence-electron chi connectivity index (χ4n) is 1.70. The van der Waals surface area contributed by atoms with Gasteiger partial charge in [-0.2, -0.15) is 0 Å². The van der Waals surface area contributed by atoms with Gasteiger partial charge in [-0.3, -0.25) is 4.72 Å². The van der Waals surface area contributed by atoms with E-state index < -0.39 is 20.7 Å². The number of hydrogen-bond donors (Lipinski definition) is 2. The smallest absolute Gasteiger partial charge is 0.264 e. The van der Waals surface area contributed by atoms with Crippen molar-refractivity contribution in [2.75, 3.05) is 10.5 Å². The third kappa shape index (κ3) is 3.10. The van der Waals surface area contributed by atoms with Gasteiger partial charge < -0.3 is 5.73 Å². The van der Waals surface area contributed by atoms with E-state index in [4.69, 9.17) is 5.73 Å². The van der Waals surface area contributed by atoms with E-state index in [0.29, 0.717) is 5.69 Å². The van der Waals surface area contributed by atoms with Gasteiger partial charge in [0.25, 0.3) is 10.0 Å². The lowest BCUT2D eigenvalue weighted by atomic mass is 10.2. The van der Waals surface area contributed by atoms with Crippen LogP contribution in [-0.4, -0.2) is 8.42 Å². The van der Waals surface area contributed by atoms with Crippen molar-refractivity contribution in [2.45, 2.75) is 11.8 Å². The Morgan fingerprint density at radius 3 is 2.60 bits per heavy atom. The van der Waals surface area contributed by atoms with Crippen molar-refractivity contribution in [3.05, 3.63) is 52.3 Å². The number of rotatable bonds is 3. The number of halogens is 2. The monoisotopic (exact) mass is 358 g/mol. The number of sulfonamides is 1. The summed E-state index contributed by atoms with van der Waals surface area (Å²) in [5.74, 6) is -0.876. The van der Waals surface area contributed by atoms with Gasteiger partial charge in [-0.25, -0.2) is 12.8 Å². The minimum absolute atomic E-state index is 0.00196. The minimum atomic E-state index is -4.04. The third-order valence-corrected chi connectivity index (χ3v) is 4.53. The molecule has 0 fully saturated rings. The van der Waals surface area contributed by atoms with E-state index in [-0.39, 0.29) is 10.2 Å². The SMILES string of the molecule is Cc1cccc(NS(=O)(=O)c2cc(N)cc(Br)c2F)c1. The van der Waals surface area contributed by atoms with Gasteiger partial charge in [0.15, 0.2) is 5.82 Å². The topological polar surface area (TPSA) is 72.2 Å². The van der Waals surface area contributed by atoms with Gasteiger partial charge in [-0.05, 0) is 52.7 Å². The number of hydrogen-bond acceptors (Lipinski definition) is 3. The number of aryl methyl sites for hydroxylation is 1. The molecule has 2 aromatic carbocycles. The highest BCUT2D eigenvalue weighted by Gasteiger charge is 2.22. The molecule has 0 unspecified atom stereocenters. The van der Waals surface area contributed by atoms with Gasteiger partial charge in [-0.15, -0.1) is 0 Å². The largest absolute Gasteiger partial charge is 0.399 e. The summed E-state index contributed by atoms with van der Waals surface area (Å²) in [5.41, 5.74) is 6.96. The Morgan fingerprint density at radius 2 is 1.95 bits per heavy atom. The molecule has 0 spiro atoms. The number of nitrogen functional groups attached to an aromatic ring is 1. The summed E-state index contributed by atoms with van der Waals surface area (Å²) < 4.78 is 40.7. The molecule has 0 radical (unpaired) electrons. The molecule has 0 bridgehead atoms. The molecule has 2 aromatic rings. The lowest BCUT2D eigenvalue weighted by Gasteiger charge is -2.11. The predicted molar refractivity (Wildman–Crippen MR) is 80.5 cm³/mol. The molecule has 0 saturated heterocycles. The highest BCUT2D eigenvalue weighted by atomic mass is 79.9. The third-order valence-electron chi connectivity index (χ3n) is 2.58. The molecule has 0 aliphatic heterocycles. The maximum absolute atomic E-state index is 13.9. The molecule has 3 N–H and O–H groups in total. The quantitative estimate of drug-likeness (QED) is 0.827. The zero-order chi connectivity index (χ0) is 14.9. The van der Waals surface area contributed by atoms with Crippen LogP contribution in [0.4, 0.5) is 15.8 Å². The first-order chi connectivity index (χ1) is 9.29. The van der Waals surface area contributed by atoms with Gasteiger partial charge >= 0.3 is 0 Å². The summed E-state index contributed by atoms with van der Waals surface area (Å²) in [7, 11) is -4.04. The first-order valence-corrected chi connectivity index (χ1v) is 7.91. The zero-order valence-electron chi connectivity index (χ0n) is 10.5. The molecule has 0 atom stereocenters. The van der Waals surface area contributed by atoms with Crippen molar-refractivity contribution in [1.82, 2.24) is 0 Å². The fourth-order valence-corrected chi connectivity index (χ4v) is 3.49. The van der Waals surface area contributed by atoms with E-state index in [2.05, 4.69) is 20.7 Å². The standard InChI is InChI=1S/C13H12BrFN2O2S/c1-8-3-2-4-10(5-8)17-20(18,19)12-7-9(16)6-11(14)13(12)15/h2-7,17H,16H2,1H3. The minimum Gasteiger partial charge on any atom is -0.399 e. The molecule has 0 amide bonds. The van der Waals surface area contributed by atoms with Crippen molar-refractivity contribution >= 4 is 37.3 Å². The van der Waals surface area contributed by atoms with Crippen LogP contribution in [0.25, 0.3) is 0 Å². The van der Waals surface area contributed by atoms with E-state index in [1.807, 2.05) is 13.0 Å². The zero-order valence-corrected chi connectivity index (χ0v) is 12.9. The van der Waals surface area contributed by atoms with Gasteiger partial charge in [0.05, 0.1) is 4.47 Å². The normalized spacial score (nSPS) is 11.3. The maximum Gasteiger partial charge on any atom is 0.264 e. The van der Waals surface area contributed by atoms with E-state index in [0.717, 1.165) is 11.6 Å². The van der Waals surface area contributed by atoms with Crippen LogP contribution in [0, 0.1) is 12.7 Å². The number of nitrogens with one attached hydrogen (secondary N) is 1. The van der Waals surface area contributed by atoms with Gasteiger partial charge in [0.2, 0.25) is 0 Å². The molecule has 0 aliphatic carbocycles. The van der Waals surface area contributed by atoms with Crippen LogP contribution in [0.1, 0.15) is 5.56 Å². The lowest BCUT2D eigenvalue weighted by molar-refractivity contribution is 0.567. The molecule has 7 heteroatoms. The molecule has 4 nitrogen and oxygen atoms in total. The first-order valence-electron chi connectivity index (χ1n) is 5.63. The summed E-state index contributed by atoms with van der Waals surface area (Å²) in [6, 6.07) is 9.16. The molecule has 2 rings (SSSR count). The summed E-state index contributed by atoms with van der Waals surface area (Å²) in [6.07, 6.45) is 0. The molecule has 20 heavy (non-hydrogen) atoms. The maximum atomic E-state index is 13.9. The summed E-state index contributed by atoms with van der Waals surface area (Å²) in [5, 5.41) is 0. The van der Waals surface area contributed by atoms with Gasteiger partial charge in [-0.1, -0.05) is 12.1 Å². The average molecular weight is 359 g/mol. The second kappa shape index (κ2) is 5.41. The summed E-state index contributed by atoms with van der Waals surface area (Å²) in [4.78, 5) is -0.495. The highest BCUT2D eigenvalue weighted by Crippen LogP contribution is 2.27. The van der Waals surface area contributed by atoms with Crippen molar-refractivity contribution in [2.24, 2.45) is 0 Å². The van der Waals surface area contributed by atoms with E-state index in [1.165, 1.54) is 6.07 Å². The summed E-state index contributed by atoms with van der Waals surface area (Å²) >= 11 is 2.94. The van der Waals surface area contributed by atoms with E-state index in [1.54, 1.807) is 18.2 Å². The fraction of sp³-hybridized carbons (Fsp3) is 0.0769. The molecular formula is C13H12BrFN2O2S. The molecule has 0 heterocycles. The molecule has 0 aromatic heterocycles. The van der Waals surface area contributed by atoms with Crippen molar-refractivity contribution in [3.63, 3.8) is 0 Å². The second-order valence-electron chi connectivity index (χ2n) is 4.29. The van der Waals surface area contributed by atoms with Crippen LogP contribution in [0.3, 0.4) is 0 Å². The van der Waals surface area contributed by atoms with E-state index in [9.17, 15) is 12.8 Å². The Balaban J connectivity index is 2.46. The average Bonchev–Trinajstić information content (AvgIpc) is 2.33. The van der Waals surface area contributed by atoms with E-state index >= 15 is 0 Å². The van der Waals surface area contributed by atoms with Crippen molar-refractivity contribution in [1.29, 1.82) is 0 Å². The van der Waals surface area contributed by atoms with Crippen molar-refractivity contribution < 1.29 is 12.8 Å². The highest BCUT2D eigenvalue weighted by molar-refractivity contribution is 9.10.